The minimum atomic E-state index is -0.174. The fourth-order valence-electron chi connectivity index (χ4n) is 1.70. The Labute approximate surface area is 92.6 Å². The second-order valence-electron chi connectivity index (χ2n) is 3.38. The molecule has 76 valence electrons. The minimum absolute atomic E-state index is 0.0883. The second-order valence-corrected chi connectivity index (χ2v) is 3.79. The summed E-state index contributed by atoms with van der Waals surface area (Å²) in [5.74, 6) is -0.262. The van der Waals surface area contributed by atoms with E-state index in [1.54, 1.807) is 18.2 Å². The fourth-order valence-corrected chi connectivity index (χ4v) is 1.96. The van der Waals surface area contributed by atoms with Crippen molar-refractivity contribution in [1.29, 1.82) is 0 Å². The number of fused-ring (bicyclic) bond motifs is 1. The number of halogens is 1. The number of hydrogen-bond donors (Lipinski definition) is 0. The fraction of sp³-hybridized carbons (Fsp3) is 0.167. The highest BCUT2D eigenvalue weighted by Crippen LogP contribution is 2.28. The summed E-state index contributed by atoms with van der Waals surface area (Å²) in [5, 5.41) is 0.345. The van der Waals surface area contributed by atoms with Crippen LogP contribution in [0.2, 0.25) is 5.02 Å². The largest absolute Gasteiger partial charge is 0.289 e. The first-order valence-electron chi connectivity index (χ1n) is 4.73. The molecule has 0 spiro atoms. The minimum Gasteiger partial charge on any atom is -0.289 e. The maximum atomic E-state index is 11.9. The molecule has 2 rings (SSSR count). The van der Waals surface area contributed by atoms with Crippen molar-refractivity contribution in [3.8, 4) is 0 Å². The molecule has 1 aromatic carbocycles. The Hall–Kier alpha value is -1.41. The van der Waals surface area contributed by atoms with Crippen LogP contribution in [-0.4, -0.2) is 11.6 Å². The summed E-state index contributed by atoms with van der Waals surface area (Å²) in [6, 6.07) is 4.95. The third-order valence-corrected chi connectivity index (χ3v) is 2.80. The smallest absolute Gasteiger partial charge is 0.189 e. The molecule has 0 fully saturated rings. The predicted octanol–water partition coefficient (Wildman–Crippen LogP) is 3.06. The van der Waals surface area contributed by atoms with E-state index >= 15 is 0 Å². The van der Waals surface area contributed by atoms with Gasteiger partial charge in [0.25, 0.3) is 0 Å². The van der Waals surface area contributed by atoms with Crippen molar-refractivity contribution in [2.45, 2.75) is 13.3 Å². The average molecular weight is 221 g/mol. The van der Waals surface area contributed by atoms with Gasteiger partial charge >= 0.3 is 0 Å². The Morgan fingerprint density at radius 3 is 2.67 bits per heavy atom. The lowest BCUT2D eigenvalue weighted by Gasteiger charge is -2.14. The zero-order valence-corrected chi connectivity index (χ0v) is 8.97. The van der Waals surface area contributed by atoms with Crippen LogP contribution < -0.4 is 0 Å². The summed E-state index contributed by atoms with van der Waals surface area (Å²) in [4.78, 5) is 23.6. The van der Waals surface area contributed by atoms with Crippen molar-refractivity contribution < 1.29 is 9.59 Å². The van der Waals surface area contributed by atoms with Crippen LogP contribution in [0.15, 0.2) is 29.8 Å². The molecule has 0 saturated carbocycles. The number of carbonyl (C=O) groups excluding carboxylic acids is 2. The van der Waals surface area contributed by atoms with Crippen molar-refractivity contribution >= 4 is 23.2 Å². The molecule has 0 radical (unpaired) electrons. The van der Waals surface area contributed by atoms with E-state index < -0.39 is 0 Å². The molecule has 0 bridgehead atoms. The maximum absolute atomic E-state index is 11.9. The molecule has 1 aliphatic rings. The van der Waals surface area contributed by atoms with Crippen LogP contribution in [0.3, 0.4) is 0 Å². The molecule has 0 aromatic heterocycles. The van der Waals surface area contributed by atoms with E-state index in [0.29, 0.717) is 28.1 Å². The second kappa shape index (κ2) is 3.63. The quantitative estimate of drug-likeness (QED) is 0.729. The molecule has 1 aliphatic carbocycles. The van der Waals surface area contributed by atoms with Crippen LogP contribution >= 0.6 is 11.6 Å². The van der Waals surface area contributed by atoms with E-state index in [-0.39, 0.29) is 11.6 Å². The van der Waals surface area contributed by atoms with Crippen LogP contribution in [0.5, 0.6) is 0 Å². The number of allylic oxidation sites excluding steroid dienone is 2. The van der Waals surface area contributed by atoms with Gasteiger partial charge in [-0.05, 0) is 18.6 Å². The van der Waals surface area contributed by atoms with E-state index in [9.17, 15) is 9.59 Å². The molecular formula is C12H9ClO2. The number of Topliss-reactive ketones (excluding diaryl/α,β-unsaturated/α-hetero) is 1. The van der Waals surface area contributed by atoms with Gasteiger partial charge in [0.2, 0.25) is 0 Å². The van der Waals surface area contributed by atoms with Gasteiger partial charge < -0.3 is 0 Å². The van der Waals surface area contributed by atoms with Gasteiger partial charge in [-0.3, -0.25) is 9.59 Å². The van der Waals surface area contributed by atoms with Crippen molar-refractivity contribution in [2.24, 2.45) is 0 Å². The molecule has 0 aliphatic heterocycles. The summed E-state index contributed by atoms with van der Waals surface area (Å²) >= 11 is 5.89. The normalized spacial score (nSPS) is 14.9. The molecule has 0 amide bonds. The van der Waals surface area contributed by atoms with E-state index in [4.69, 9.17) is 11.6 Å². The van der Waals surface area contributed by atoms with Crippen LogP contribution in [0, 0.1) is 0 Å². The third-order valence-electron chi connectivity index (χ3n) is 2.48. The molecule has 0 atom stereocenters. The Bertz CT molecular complexity index is 486. The van der Waals surface area contributed by atoms with Gasteiger partial charge in [-0.1, -0.05) is 30.7 Å². The lowest BCUT2D eigenvalue weighted by atomic mass is 9.88. The van der Waals surface area contributed by atoms with E-state index in [0.717, 1.165) is 0 Å². The SMILES string of the molecule is CCC1=CC(=O)c2c(Cl)cccc2C1=O. The van der Waals surface area contributed by atoms with E-state index in [1.807, 2.05) is 6.92 Å². The van der Waals surface area contributed by atoms with Crippen molar-refractivity contribution in [3.05, 3.63) is 46.0 Å². The van der Waals surface area contributed by atoms with Crippen molar-refractivity contribution in [3.63, 3.8) is 0 Å². The lowest BCUT2D eigenvalue weighted by molar-refractivity contribution is 0.0982. The summed E-state index contributed by atoms with van der Waals surface area (Å²) in [6.07, 6.45) is 1.95. The van der Waals surface area contributed by atoms with E-state index in [2.05, 4.69) is 0 Å². The van der Waals surface area contributed by atoms with Crippen LogP contribution in [-0.2, 0) is 0 Å². The first-order valence-corrected chi connectivity index (χ1v) is 5.11. The number of carbonyl (C=O) groups is 2. The molecule has 2 nitrogen and oxygen atoms in total. The van der Waals surface area contributed by atoms with Gasteiger partial charge in [0.05, 0.1) is 10.6 Å². The van der Waals surface area contributed by atoms with Crippen molar-refractivity contribution in [1.82, 2.24) is 0 Å². The van der Waals surface area contributed by atoms with Gasteiger partial charge in [-0.25, -0.2) is 0 Å². The molecular weight excluding hydrogens is 212 g/mol. The number of benzene rings is 1. The van der Waals surface area contributed by atoms with Gasteiger partial charge in [0, 0.05) is 11.1 Å². The molecule has 1 aromatic rings. The number of rotatable bonds is 1. The molecule has 3 heteroatoms. The lowest BCUT2D eigenvalue weighted by Crippen LogP contribution is -2.16. The predicted molar refractivity (Wildman–Crippen MR) is 58.5 cm³/mol. The summed E-state index contributed by atoms with van der Waals surface area (Å²) in [5.41, 5.74) is 1.31. The molecule has 0 saturated heterocycles. The van der Waals surface area contributed by atoms with Gasteiger partial charge in [-0.15, -0.1) is 0 Å². The molecule has 0 heterocycles. The summed E-state index contributed by atoms with van der Waals surface area (Å²) in [6.45, 7) is 1.85. The highest BCUT2D eigenvalue weighted by molar-refractivity contribution is 6.37. The Kier molecular flexibility index (Phi) is 2.45. The Morgan fingerprint density at radius 2 is 2.00 bits per heavy atom. The third kappa shape index (κ3) is 1.51. The average Bonchev–Trinajstić information content (AvgIpc) is 2.23. The van der Waals surface area contributed by atoms with Gasteiger partial charge in [0.15, 0.2) is 11.6 Å². The Morgan fingerprint density at radius 1 is 1.27 bits per heavy atom. The van der Waals surface area contributed by atoms with E-state index in [1.165, 1.54) is 6.08 Å². The Balaban J connectivity index is 2.67. The van der Waals surface area contributed by atoms with Crippen LogP contribution in [0.1, 0.15) is 34.1 Å². The van der Waals surface area contributed by atoms with Gasteiger partial charge in [0.1, 0.15) is 0 Å². The first kappa shape index (κ1) is 10.1. The number of hydrogen-bond acceptors (Lipinski definition) is 2. The first-order chi connectivity index (χ1) is 7.15. The monoisotopic (exact) mass is 220 g/mol. The number of ketones is 2. The molecule has 0 N–H and O–H groups in total. The highest BCUT2D eigenvalue weighted by atomic mass is 35.5. The molecule has 15 heavy (non-hydrogen) atoms. The summed E-state index contributed by atoms with van der Waals surface area (Å²) < 4.78 is 0. The topological polar surface area (TPSA) is 34.1 Å². The van der Waals surface area contributed by atoms with Crippen LogP contribution in [0.4, 0.5) is 0 Å². The van der Waals surface area contributed by atoms with Crippen LogP contribution in [0.25, 0.3) is 0 Å². The highest BCUT2D eigenvalue weighted by Gasteiger charge is 2.25. The maximum Gasteiger partial charge on any atom is 0.189 e. The van der Waals surface area contributed by atoms with Crippen molar-refractivity contribution in [2.75, 3.05) is 0 Å². The standard InChI is InChI=1S/C12H9ClO2/c1-2-7-6-10(14)11-8(12(7)15)4-3-5-9(11)13/h3-6H,2H2,1H3. The zero-order valence-electron chi connectivity index (χ0n) is 8.21. The van der Waals surface area contributed by atoms with Gasteiger partial charge in [-0.2, -0.15) is 0 Å². The summed E-state index contributed by atoms with van der Waals surface area (Å²) in [7, 11) is 0. The zero-order chi connectivity index (χ0) is 11.0. The molecule has 0 unspecified atom stereocenters.